The maximum absolute atomic E-state index is 11.3. The van der Waals surface area contributed by atoms with E-state index in [2.05, 4.69) is 15.3 Å². The van der Waals surface area contributed by atoms with Crippen molar-refractivity contribution >= 4 is 11.5 Å². The van der Waals surface area contributed by atoms with Crippen LogP contribution in [0.15, 0.2) is 24.5 Å². The summed E-state index contributed by atoms with van der Waals surface area (Å²) < 4.78 is 5.59. The van der Waals surface area contributed by atoms with Crippen LogP contribution in [0, 0.1) is 24.0 Å². The second kappa shape index (κ2) is 6.84. The molecule has 1 aromatic carbocycles. The number of hydrogen-bond donors (Lipinski definition) is 1. The van der Waals surface area contributed by atoms with Crippen molar-refractivity contribution < 1.29 is 9.66 Å². The smallest absolute Gasteiger partial charge is 0.373 e. The second-order valence-corrected chi connectivity index (χ2v) is 4.91. The fraction of sp³-hybridized carbons (Fsp3) is 0.333. The van der Waals surface area contributed by atoms with Crippen LogP contribution in [0.4, 0.5) is 11.5 Å². The van der Waals surface area contributed by atoms with Gasteiger partial charge in [-0.2, -0.15) is 4.98 Å². The highest BCUT2D eigenvalue weighted by molar-refractivity contribution is 5.61. The standard InChI is InChI=1S/C15H18N4O3/c1-4-7-16-14-13(19(20)21)15(18-9-17-14)22-12-6-5-10(2)11(3)8-12/h5-6,8-9H,4,7H2,1-3H3,(H,16,17,18). The van der Waals surface area contributed by atoms with Gasteiger partial charge in [0.25, 0.3) is 0 Å². The summed E-state index contributed by atoms with van der Waals surface area (Å²) >= 11 is 0. The number of anilines is 1. The first-order valence-corrected chi connectivity index (χ1v) is 7.01. The highest BCUT2D eigenvalue weighted by atomic mass is 16.6. The van der Waals surface area contributed by atoms with Gasteiger partial charge in [-0.3, -0.25) is 10.1 Å². The van der Waals surface area contributed by atoms with E-state index < -0.39 is 4.92 Å². The van der Waals surface area contributed by atoms with Crippen LogP contribution in [-0.2, 0) is 0 Å². The minimum absolute atomic E-state index is 0.0677. The van der Waals surface area contributed by atoms with Gasteiger partial charge in [0.1, 0.15) is 12.1 Å². The fourth-order valence-electron chi connectivity index (χ4n) is 1.86. The lowest BCUT2D eigenvalue weighted by Gasteiger charge is -2.09. The minimum Gasteiger partial charge on any atom is -0.434 e. The number of ether oxygens (including phenoxy) is 1. The lowest BCUT2D eigenvalue weighted by Crippen LogP contribution is -2.07. The number of nitrogens with one attached hydrogen (secondary N) is 1. The Morgan fingerprint density at radius 1 is 1.27 bits per heavy atom. The van der Waals surface area contributed by atoms with Crippen molar-refractivity contribution in [3.05, 3.63) is 45.8 Å². The number of benzene rings is 1. The SMILES string of the molecule is CCCNc1ncnc(Oc2ccc(C)c(C)c2)c1[N+](=O)[O-]. The van der Waals surface area contributed by atoms with Crippen LogP contribution in [0.5, 0.6) is 11.6 Å². The molecule has 2 aromatic rings. The zero-order valence-electron chi connectivity index (χ0n) is 12.8. The van der Waals surface area contributed by atoms with E-state index in [9.17, 15) is 10.1 Å². The second-order valence-electron chi connectivity index (χ2n) is 4.91. The third-order valence-electron chi connectivity index (χ3n) is 3.21. The summed E-state index contributed by atoms with van der Waals surface area (Å²) in [6, 6.07) is 5.47. The Hall–Kier alpha value is -2.70. The van der Waals surface area contributed by atoms with E-state index in [0.29, 0.717) is 12.3 Å². The Morgan fingerprint density at radius 2 is 2.05 bits per heavy atom. The van der Waals surface area contributed by atoms with E-state index in [-0.39, 0.29) is 17.4 Å². The van der Waals surface area contributed by atoms with Crippen molar-refractivity contribution in [1.29, 1.82) is 0 Å². The Balaban J connectivity index is 2.37. The van der Waals surface area contributed by atoms with Crippen LogP contribution in [-0.4, -0.2) is 21.4 Å². The van der Waals surface area contributed by atoms with Gasteiger partial charge in [0.15, 0.2) is 0 Å². The Bertz CT molecular complexity index is 688. The van der Waals surface area contributed by atoms with Gasteiger partial charge in [0.2, 0.25) is 5.82 Å². The van der Waals surface area contributed by atoms with E-state index in [0.717, 1.165) is 17.5 Å². The number of rotatable bonds is 6. The third-order valence-corrected chi connectivity index (χ3v) is 3.21. The molecule has 0 aliphatic carbocycles. The molecule has 0 unspecified atom stereocenters. The van der Waals surface area contributed by atoms with E-state index in [1.807, 2.05) is 32.9 Å². The van der Waals surface area contributed by atoms with Crippen molar-refractivity contribution in [1.82, 2.24) is 9.97 Å². The van der Waals surface area contributed by atoms with Crippen molar-refractivity contribution in [3.8, 4) is 11.6 Å². The molecule has 0 saturated carbocycles. The molecular weight excluding hydrogens is 284 g/mol. The summed E-state index contributed by atoms with van der Waals surface area (Å²) in [6.45, 7) is 6.48. The van der Waals surface area contributed by atoms with Gasteiger partial charge in [-0.1, -0.05) is 13.0 Å². The Labute approximate surface area is 128 Å². The number of hydrogen-bond acceptors (Lipinski definition) is 6. The van der Waals surface area contributed by atoms with Crippen LogP contribution in [0.2, 0.25) is 0 Å². The summed E-state index contributed by atoms with van der Waals surface area (Å²) in [5.41, 5.74) is 1.91. The fourth-order valence-corrected chi connectivity index (χ4v) is 1.86. The monoisotopic (exact) mass is 302 g/mol. The van der Waals surface area contributed by atoms with E-state index >= 15 is 0 Å². The molecule has 0 atom stereocenters. The predicted molar refractivity (Wildman–Crippen MR) is 83.5 cm³/mol. The molecular formula is C15H18N4O3. The Kier molecular flexibility index (Phi) is 4.88. The predicted octanol–water partition coefficient (Wildman–Crippen LogP) is 3.62. The molecule has 0 fully saturated rings. The maximum atomic E-state index is 11.3. The number of aromatic nitrogens is 2. The molecule has 116 valence electrons. The molecule has 0 spiro atoms. The molecule has 0 aliphatic heterocycles. The molecule has 0 amide bonds. The average molecular weight is 302 g/mol. The zero-order chi connectivity index (χ0) is 16.1. The van der Waals surface area contributed by atoms with Crippen LogP contribution < -0.4 is 10.1 Å². The van der Waals surface area contributed by atoms with Gasteiger partial charge in [0.05, 0.1) is 4.92 Å². The van der Waals surface area contributed by atoms with E-state index in [4.69, 9.17) is 4.74 Å². The van der Waals surface area contributed by atoms with Crippen LogP contribution in [0.3, 0.4) is 0 Å². The number of nitrogens with zero attached hydrogens (tertiary/aromatic N) is 3. The third kappa shape index (κ3) is 3.49. The van der Waals surface area contributed by atoms with Crippen LogP contribution in [0.1, 0.15) is 24.5 Å². The van der Waals surface area contributed by atoms with Crippen LogP contribution >= 0.6 is 0 Å². The molecule has 1 aromatic heterocycles. The molecule has 1 heterocycles. The lowest BCUT2D eigenvalue weighted by atomic mass is 10.1. The average Bonchev–Trinajstić information content (AvgIpc) is 2.48. The molecule has 1 N–H and O–H groups in total. The molecule has 0 bridgehead atoms. The molecule has 0 radical (unpaired) electrons. The van der Waals surface area contributed by atoms with Crippen molar-refractivity contribution in [2.45, 2.75) is 27.2 Å². The highest BCUT2D eigenvalue weighted by Gasteiger charge is 2.24. The van der Waals surface area contributed by atoms with Gasteiger partial charge in [-0.25, -0.2) is 4.98 Å². The normalized spacial score (nSPS) is 10.3. The quantitative estimate of drug-likeness (QED) is 0.647. The first-order chi connectivity index (χ1) is 10.5. The first-order valence-electron chi connectivity index (χ1n) is 7.01. The van der Waals surface area contributed by atoms with Gasteiger partial charge >= 0.3 is 11.6 Å². The van der Waals surface area contributed by atoms with Crippen LogP contribution in [0.25, 0.3) is 0 Å². The molecule has 7 heteroatoms. The highest BCUT2D eigenvalue weighted by Crippen LogP contribution is 2.34. The maximum Gasteiger partial charge on any atom is 0.373 e. The zero-order valence-corrected chi connectivity index (χ0v) is 12.8. The Morgan fingerprint density at radius 3 is 2.68 bits per heavy atom. The van der Waals surface area contributed by atoms with Gasteiger partial charge in [-0.15, -0.1) is 0 Å². The summed E-state index contributed by atoms with van der Waals surface area (Å²) in [7, 11) is 0. The van der Waals surface area contributed by atoms with Crippen molar-refractivity contribution in [2.24, 2.45) is 0 Å². The molecule has 0 saturated heterocycles. The minimum atomic E-state index is -0.533. The number of nitro groups is 1. The summed E-state index contributed by atoms with van der Waals surface area (Å²) in [6.07, 6.45) is 2.08. The van der Waals surface area contributed by atoms with E-state index in [1.165, 1.54) is 6.33 Å². The lowest BCUT2D eigenvalue weighted by molar-refractivity contribution is -0.385. The molecule has 0 aliphatic rings. The van der Waals surface area contributed by atoms with E-state index in [1.54, 1.807) is 6.07 Å². The largest absolute Gasteiger partial charge is 0.434 e. The van der Waals surface area contributed by atoms with Gasteiger partial charge in [-0.05, 0) is 43.5 Å². The summed E-state index contributed by atoms with van der Waals surface area (Å²) in [5, 5.41) is 14.2. The first kappa shape index (κ1) is 15.7. The van der Waals surface area contributed by atoms with Gasteiger partial charge in [0, 0.05) is 6.54 Å². The van der Waals surface area contributed by atoms with Crippen molar-refractivity contribution in [3.63, 3.8) is 0 Å². The number of aryl methyl sites for hydroxylation is 2. The molecule has 2 rings (SSSR count). The molecule has 7 nitrogen and oxygen atoms in total. The summed E-state index contributed by atoms with van der Waals surface area (Å²) in [4.78, 5) is 18.6. The van der Waals surface area contributed by atoms with Crippen molar-refractivity contribution in [2.75, 3.05) is 11.9 Å². The summed E-state index contributed by atoms with van der Waals surface area (Å²) in [5.74, 6) is 0.605. The van der Waals surface area contributed by atoms with Gasteiger partial charge < -0.3 is 10.1 Å². The topological polar surface area (TPSA) is 90.2 Å². The molecule has 22 heavy (non-hydrogen) atoms.